The van der Waals surface area contributed by atoms with Gasteiger partial charge in [0.2, 0.25) is 5.91 Å². The number of rotatable bonds is 4. The summed E-state index contributed by atoms with van der Waals surface area (Å²) in [4.78, 5) is 30.2. The van der Waals surface area contributed by atoms with Crippen LogP contribution in [0.5, 0.6) is 0 Å². The predicted octanol–water partition coefficient (Wildman–Crippen LogP) is 2.69. The maximum absolute atomic E-state index is 12.0. The molecule has 0 saturated carbocycles. The Morgan fingerprint density at radius 1 is 1.15 bits per heavy atom. The molecule has 2 fully saturated rings. The second-order valence-electron chi connectivity index (χ2n) is 7.02. The molecule has 2 aromatic heterocycles. The molecule has 4 heterocycles. The van der Waals surface area contributed by atoms with E-state index in [1.807, 2.05) is 18.2 Å². The number of piperidine rings is 1. The number of aryl methyl sites for hydroxylation is 1. The van der Waals surface area contributed by atoms with Gasteiger partial charge in [-0.2, -0.15) is 0 Å². The minimum Gasteiger partial charge on any atom is -0.356 e. The molecule has 1 amide bonds. The van der Waals surface area contributed by atoms with Gasteiger partial charge >= 0.3 is 0 Å². The van der Waals surface area contributed by atoms with Crippen LogP contribution in [0.1, 0.15) is 38.3 Å². The van der Waals surface area contributed by atoms with Crippen molar-refractivity contribution >= 4 is 11.7 Å². The molecule has 0 radical (unpaired) electrons. The Morgan fingerprint density at radius 3 is 2.65 bits per heavy atom. The largest absolute Gasteiger partial charge is 0.356 e. The first-order valence-electron chi connectivity index (χ1n) is 9.58. The monoisotopic (exact) mass is 351 g/mol. The van der Waals surface area contributed by atoms with Gasteiger partial charge in [0.05, 0.1) is 0 Å². The Hall–Kier alpha value is -2.50. The Morgan fingerprint density at radius 2 is 2.00 bits per heavy atom. The molecule has 2 saturated heterocycles. The molecule has 2 aromatic rings. The van der Waals surface area contributed by atoms with Crippen molar-refractivity contribution in [3.63, 3.8) is 0 Å². The fraction of sp³-hybridized carbons (Fsp3) is 0.500. The third-order valence-corrected chi connectivity index (χ3v) is 5.36. The SMILES string of the molecule is CCc1cc(N2CCC(N3CCCC3=O)CC2)nc(-c2ccccn2)n1. The number of carbonyl (C=O) groups is 1. The Labute approximate surface area is 154 Å². The number of nitrogens with zero attached hydrogens (tertiary/aromatic N) is 5. The van der Waals surface area contributed by atoms with E-state index in [1.54, 1.807) is 6.20 Å². The lowest BCUT2D eigenvalue weighted by Crippen LogP contribution is -2.45. The van der Waals surface area contributed by atoms with E-state index in [1.165, 1.54) is 0 Å². The lowest BCUT2D eigenvalue weighted by molar-refractivity contribution is -0.130. The van der Waals surface area contributed by atoms with Gasteiger partial charge in [0.15, 0.2) is 5.82 Å². The van der Waals surface area contributed by atoms with Gasteiger partial charge in [-0.1, -0.05) is 13.0 Å². The number of amides is 1. The number of pyridine rings is 1. The highest BCUT2D eigenvalue weighted by molar-refractivity contribution is 5.78. The quantitative estimate of drug-likeness (QED) is 0.847. The summed E-state index contributed by atoms with van der Waals surface area (Å²) >= 11 is 0. The number of aromatic nitrogens is 3. The molecule has 6 heteroatoms. The van der Waals surface area contributed by atoms with E-state index in [0.29, 0.717) is 17.8 Å². The first kappa shape index (κ1) is 16.9. The van der Waals surface area contributed by atoms with E-state index in [-0.39, 0.29) is 0 Å². The Bertz CT molecular complexity index is 771. The summed E-state index contributed by atoms with van der Waals surface area (Å²) in [6.45, 7) is 4.90. The number of likely N-dealkylation sites (tertiary alicyclic amines) is 1. The summed E-state index contributed by atoms with van der Waals surface area (Å²) in [5.41, 5.74) is 1.84. The molecule has 6 nitrogen and oxygen atoms in total. The average Bonchev–Trinajstić information content (AvgIpc) is 3.14. The van der Waals surface area contributed by atoms with Gasteiger partial charge in [-0.15, -0.1) is 0 Å². The second-order valence-corrected chi connectivity index (χ2v) is 7.02. The van der Waals surface area contributed by atoms with Gasteiger partial charge in [-0.05, 0) is 37.8 Å². The van der Waals surface area contributed by atoms with E-state index in [2.05, 4.69) is 32.8 Å². The Balaban J connectivity index is 1.52. The molecule has 0 aromatic carbocycles. The van der Waals surface area contributed by atoms with Crippen LogP contribution >= 0.6 is 0 Å². The predicted molar refractivity (Wildman–Crippen MR) is 101 cm³/mol. The van der Waals surface area contributed by atoms with Crippen LogP contribution in [0.3, 0.4) is 0 Å². The van der Waals surface area contributed by atoms with Crippen LogP contribution in [0.15, 0.2) is 30.5 Å². The minimum absolute atomic E-state index is 0.330. The first-order valence-corrected chi connectivity index (χ1v) is 9.58. The number of hydrogen-bond acceptors (Lipinski definition) is 5. The van der Waals surface area contributed by atoms with E-state index in [0.717, 1.165) is 68.9 Å². The Kier molecular flexibility index (Phi) is 4.82. The summed E-state index contributed by atoms with van der Waals surface area (Å²) in [6, 6.07) is 8.29. The normalized spacial score (nSPS) is 18.6. The molecule has 0 aliphatic carbocycles. The fourth-order valence-corrected chi connectivity index (χ4v) is 3.90. The molecule has 2 aliphatic heterocycles. The van der Waals surface area contributed by atoms with Crippen molar-refractivity contribution in [1.82, 2.24) is 19.9 Å². The molecule has 26 heavy (non-hydrogen) atoms. The summed E-state index contributed by atoms with van der Waals surface area (Å²) in [5.74, 6) is 2.00. The molecule has 136 valence electrons. The van der Waals surface area contributed by atoms with Crippen LogP contribution in [0.4, 0.5) is 5.82 Å². The molecular weight excluding hydrogens is 326 g/mol. The topological polar surface area (TPSA) is 62.2 Å². The highest BCUT2D eigenvalue weighted by atomic mass is 16.2. The molecule has 0 spiro atoms. The van der Waals surface area contributed by atoms with E-state index >= 15 is 0 Å². The van der Waals surface area contributed by atoms with E-state index < -0.39 is 0 Å². The van der Waals surface area contributed by atoms with Gasteiger partial charge in [-0.25, -0.2) is 9.97 Å². The highest BCUT2D eigenvalue weighted by Crippen LogP contribution is 2.26. The molecule has 0 atom stereocenters. The number of hydrogen-bond donors (Lipinski definition) is 0. The van der Waals surface area contributed by atoms with E-state index in [9.17, 15) is 4.79 Å². The lowest BCUT2D eigenvalue weighted by Gasteiger charge is -2.37. The minimum atomic E-state index is 0.330. The third kappa shape index (κ3) is 3.41. The molecular formula is C20H25N5O. The zero-order chi connectivity index (χ0) is 17.9. The maximum atomic E-state index is 12.0. The standard InChI is InChI=1S/C20H25N5O/c1-2-15-14-18(23-20(22-15)17-6-3-4-10-21-17)24-12-8-16(9-13-24)25-11-5-7-19(25)26/h3-4,6,10,14,16H,2,5,7-9,11-13H2,1H3. The molecule has 4 rings (SSSR count). The molecule has 0 bridgehead atoms. The second kappa shape index (κ2) is 7.40. The number of carbonyl (C=O) groups excluding carboxylic acids is 1. The van der Waals surface area contributed by atoms with Crippen LogP contribution < -0.4 is 4.90 Å². The van der Waals surface area contributed by atoms with Crippen molar-refractivity contribution in [2.24, 2.45) is 0 Å². The maximum Gasteiger partial charge on any atom is 0.222 e. The third-order valence-electron chi connectivity index (χ3n) is 5.36. The number of anilines is 1. The zero-order valence-corrected chi connectivity index (χ0v) is 15.3. The van der Waals surface area contributed by atoms with E-state index in [4.69, 9.17) is 4.98 Å². The smallest absolute Gasteiger partial charge is 0.222 e. The summed E-state index contributed by atoms with van der Waals surface area (Å²) < 4.78 is 0. The van der Waals surface area contributed by atoms with Crippen LogP contribution in [0.25, 0.3) is 11.5 Å². The van der Waals surface area contributed by atoms with Crippen molar-refractivity contribution in [1.29, 1.82) is 0 Å². The van der Waals surface area contributed by atoms with Crippen molar-refractivity contribution in [2.75, 3.05) is 24.5 Å². The first-order chi connectivity index (χ1) is 12.7. The van der Waals surface area contributed by atoms with Crippen molar-refractivity contribution in [2.45, 2.75) is 45.1 Å². The fourth-order valence-electron chi connectivity index (χ4n) is 3.90. The van der Waals surface area contributed by atoms with Crippen molar-refractivity contribution < 1.29 is 4.79 Å². The molecule has 0 unspecified atom stereocenters. The van der Waals surface area contributed by atoms with Crippen LogP contribution in [-0.4, -0.2) is 51.4 Å². The zero-order valence-electron chi connectivity index (χ0n) is 15.3. The van der Waals surface area contributed by atoms with Gasteiger partial charge < -0.3 is 9.80 Å². The van der Waals surface area contributed by atoms with Gasteiger partial charge in [0.25, 0.3) is 0 Å². The van der Waals surface area contributed by atoms with Gasteiger partial charge in [-0.3, -0.25) is 9.78 Å². The molecule has 2 aliphatic rings. The van der Waals surface area contributed by atoms with Crippen molar-refractivity contribution in [3.05, 3.63) is 36.2 Å². The van der Waals surface area contributed by atoms with Gasteiger partial charge in [0, 0.05) is 50.1 Å². The van der Waals surface area contributed by atoms with Gasteiger partial charge in [0.1, 0.15) is 11.5 Å². The molecule has 0 N–H and O–H groups in total. The highest BCUT2D eigenvalue weighted by Gasteiger charge is 2.31. The summed E-state index contributed by atoms with van der Waals surface area (Å²) in [7, 11) is 0. The average molecular weight is 351 g/mol. The lowest BCUT2D eigenvalue weighted by atomic mass is 10.0. The van der Waals surface area contributed by atoms with Crippen LogP contribution in [0, 0.1) is 0 Å². The summed E-state index contributed by atoms with van der Waals surface area (Å²) in [6.07, 6.45) is 6.40. The van der Waals surface area contributed by atoms with Crippen molar-refractivity contribution in [3.8, 4) is 11.5 Å². The summed E-state index contributed by atoms with van der Waals surface area (Å²) in [5, 5.41) is 0. The van der Waals surface area contributed by atoms with Crippen LogP contribution in [0.2, 0.25) is 0 Å². The van der Waals surface area contributed by atoms with Crippen LogP contribution in [-0.2, 0) is 11.2 Å².